The smallest absolute Gasteiger partial charge is 0.407 e. The van der Waals surface area contributed by atoms with Crippen molar-refractivity contribution in [2.75, 3.05) is 13.2 Å². The second-order valence-electron chi connectivity index (χ2n) is 7.92. The average Bonchev–Trinajstić information content (AvgIpc) is 3.07. The summed E-state index contributed by atoms with van der Waals surface area (Å²) >= 11 is 0. The largest absolute Gasteiger partial charge is 0.480 e. The van der Waals surface area contributed by atoms with Gasteiger partial charge in [0, 0.05) is 5.92 Å². The van der Waals surface area contributed by atoms with Crippen molar-refractivity contribution in [1.29, 1.82) is 0 Å². The van der Waals surface area contributed by atoms with Crippen LogP contribution in [-0.2, 0) is 14.3 Å². The number of carboxylic acids is 1. The topological polar surface area (TPSA) is 105 Å². The molecule has 0 saturated carbocycles. The molecular formula is C23H24F2N2O5. The molecule has 1 aliphatic carbocycles. The number of halogens is 2. The summed E-state index contributed by atoms with van der Waals surface area (Å²) in [6.45, 7) is 1.57. The number of ether oxygens (including phenoxy) is 1. The van der Waals surface area contributed by atoms with Gasteiger partial charge in [0.1, 0.15) is 12.6 Å². The van der Waals surface area contributed by atoms with E-state index in [0.29, 0.717) is 0 Å². The number of benzene rings is 2. The minimum absolute atomic E-state index is 0.0634. The molecule has 32 heavy (non-hydrogen) atoms. The SMILES string of the molecule is CC(C)C(NC(=O)C(F)(F)CNC(=O)OCC1c2ccccc2-c2ccccc21)C(=O)O. The van der Waals surface area contributed by atoms with Gasteiger partial charge in [0.2, 0.25) is 0 Å². The minimum atomic E-state index is -4.01. The molecule has 1 aliphatic rings. The zero-order valence-electron chi connectivity index (χ0n) is 17.6. The van der Waals surface area contributed by atoms with Crippen molar-refractivity contribution >= 4 is 18.0 Å². The fraction of sp³-hybridized carbons (Fsp3) is 0.348. The summed E-state index contributed by atoms with van der Waals surface area (Å²) < 4.78 is 33.4. The number of rotatable bonds is 8. The standard InChI is InChI=1S/C23H24F2N2O5/c1-13(2)19(20(28)29)27-21(30)23(24,25)12-26-22(31)32-11-18-16-9-5-3-7-14(16)15-8-4-6-10-17(15)18/h3-10,13,18-19H,11-12H2,1-2H3,(H,26,31)(H,27,30)(H,28,29). The van der Waals surface area contributed by atoms with Gasteiger partial charge in [-0.2, -0.15) is 8.78 Å². The molecular weight excluding hydrogens is 422 g/mol. The molecule has 0 aromatic heterocycles. The highest BCUT2D eigenvalue weighted by molar-refractivity contribution is 5.88. The third-order valence-electron chi connectivity index (χ3n) is 5.35. The maximum absolute atomic E-state index is 14.1. The molecule has 0 spiro atoms. The van der Waals surface area contributed by atoms with E-state index in [2.05, 4.69) is 0 Å². The van der Waals surface area contributed by atoms with Crippen LogP contribution in [0.2, 0.25) is 0 Å². The molecule has 170 valence electrons. The molecule has 0 aliphatic heterocycles. The monoisotopic (exact) mass is 446 g/mol. The van der Waals surface area contributed by atoms with Gasteiger partial charge in [-0.1, -0.05) is 62.4 Å². The van der Waals surface area contributed by atoms with E-state index in [4.69, 9.17) is 9.84 Å². The zero-order chi connectivity index (χ0) is 23.5. The van der Waals surface area contributed by atoms with Crippen LogP contribution >= 0.6 is 0 Å². The predicted molar refractivity (Wildman–Crippen MR) is 112 cm³/mol. The van der Waals surface area contributed by atoms with E-state index < -0.39 is 42.4 Å². The number of alkyl carbamates (subject to hydrolysis) is 1. The molecule has 0 bridgehead atoms. The lowest BCUT2D eigenvalue weighted by Gasteiger charge is -2.22. The van der Waals surface area contributed by atoms with E-state index in [-0.39, 0.29) is 12.5 Å². The van der Waals surface area contributed by atoms with E-state index in [0.717, 1.165) is 22.3 Å². The highest BCUT2D eigenvalue weighted by Gasteiger charge is 2.42. The summed E-state index contributed by atoms with van der Waals surface area (Å²) in [4.78, 5) is 35.0. The number of nitrogens with one attached hydrogen (secondary N) is 2. The van der Waals surface area contributed by atoms with Gasteiger partial charge in [-0.15, -0.1) is 0 Å². The second-order valence-corrected chi connectivity index (χ2v) is 7.92. The number of amides is 2. The lowest BCUT2D eigenvalue weighted by molar-refractivity contribution is -0.151. The van der Waals surface area contributed by atoms with Crippen molar-refractivity contribution in [2.24, 2.45) is 5.92 Å². The Morgan fingerprint density at radius 2 is 1.56 bits per heavy atom. The number of fused-ring (bicyclic) bond motifs is 3. The van der Waals surface area contributed by atoms with Gasteiger partial charge in [-0.3, -0.25) is 4.79 Å². The molecule has 0 saturated heterocycles. The molecule has 0 radical (unpaired) electrons. The quantitative estimate of drug-likeness (QED) is 0.577. The van der Waals surface area contributed by atoms with Gasteiger partial charge in [-0.25, -0.2) is 9.59 Å². The van der Waals surface area contributed by atoms with E-state index >= 15 is 0 Å². The Morgan fingerprint density at radius 1 is 1.03 bits per heavy atom. The highest BCUT2D eigenvalue weighted by atomic mass is 19.3. The Morgan fingerprint density at radius 3 is 2.06 bits per heavy atom. The third kappa shape index (κ3) is 4.87. The molecule has 1 unspecified atom stereocenters. The molecule has 2 aromatic rings. The molecule has 2 aromatic carbocycles. The molecule has 0 heterocycles. The average molecular weight is 446 g/mol. The summed E-state index contributed by atoms with van der Waals surface area (Å²) in [7, 11) is 0. The normalized spacial score (nSPS) is 13.8. The summed E-state index contributed by atoms with van der Waals surface area (Å²) in [5, 5.41) is 12.7. The van der Waals surface area contributed by atoms with Gasteiger partial charge in [0.15, 0.2) is 0 Å². The van der Waals surface area contributed by atoms with E-state index in [9.17, 15) is 23.2 Å². The molecule has 2 amide bonds. The summed E-state index contributed by atoms with van der Waals surface area (Å²) in [5.41, 5.74) is 4.00. The van der Waals surface area contributed by atoms with Gasteiger partial charge in [-0.05, 0) is 28.2 Å². The van der Waals surface area contributed by atoms with Crippen molar-refractivity contribution in [3.63, 3.8) is 0 Å². The Labute approximate surface area is 183 Å². The van der Waals surface area contributed by atoms with Gasteiger partial charge in [0.05, 0.1) is 6.54 Å². The molecule has 0 fully saturated rings. The number of aliphatic carboxylic acids is 1. The lowest BCUT2D eigenvalue weighted by atomic mass is 9.98. The van der Waals surface area contributed by atoms with Gasteiger partial charge in [0.25, 0.3) is 5.91 Å². The van der Waals surface area contributed by atoms with Crippen LogP contribution in [0.4, 0.5) is 13.6 Å². The van der Waals surface area contributed by atoms with Crippen LogP contribution in [0.1, 0.15) is 30.9 Å². The maximum Gasteiger partial charge on any atom is 0.407 e. The fourth-order valence-electron chi connectivity index (χ4n) is 3.67. The van der Waals surface area contributed by atoms with Crippen LogP contribution in [0, 0.1) is 5.92 Å². The van der Waals surface area contributed by atoms with E-state index in [1.54, 1.807) is 5.32 Å². The molecule has 3 N–H and O–H groups in total. The van der Waals surface area contributed by atoms with Crippen molar-refractivity contribution in [1.82, 2.24) is 10.6 Å². The minimum Gasteiger partial charge on any atom is -0.480 e. The van der Waals surface area contributed by atoms with Gasteiger partial charge >= 0.3 is 18.0 Å². The van der Waals surface area contributed by atoms with Crippen LogP contribution in [0.3, 0.4) is 0 Å². The van der Waals surface area contributed by atoms with Crippen molar-refractivity contribution < 1.29 is 33.0 Å². The second kappa shape index (κ2) is 9.33. The van der Waals surface area contributed by atoms with Crippen molar-refractivity contribution in [3.8, 4) is 11.1 Å². The third-order valence-corrected chi connectivity index (χ3v) is 5.35. The summed E-state index contributed by atoms with van der Waals surface area (Å²) in [5.74, 6) is -8.04. The molecule has 3 rings (SSSR count). The molecule has 9 heteroatoms. The Kier molecular flexibility index (Phi) is 6.76. The first-order chi connectivity index (χ1) is 15.1. The highest BCUT2D eigenvalue weighted by Crippen LogP contribution is 2.44. The van der Waals surface area contributed by atoms with Crippen LogP contribution in [0.15, 0.2) is 48.5 Å². The fourth-order valence-corrected chi connectivity index (χ4v) is 3.67. The number of alkyl halides is 2. The summed E-state index contributed by atoms with van der Waals surface area (Å²) in [6, 6.07) is 13.9. The lowest BCUT2D eigenvalue weighted by Crippen LogP contribution is -2.54. The number of carbonyl (C=O) groups is 3. The predicted octanol–water partition coefficient (Wildman–Crippen LogP) is 3.39. The van der Waals surface area contributed by atoms with Crippen LogP contribution in [0.25, 0.3) is 11.1 Å². The number of hydrogen-bond acceptors (Lipinski definition) is 4. The maximum atomic E-state index is 14.1. The van der Waals surface area contributed by atoms with E-state index in [1.807, 2.05) is 53.8 Å². The van der Waals surface area contributed by atoms with Crippen LogP contribution < -0.4 is 10.6 Å². The van der Waals surface area contributed by atoms with E-state index in [1.165, 1.54) is 13.8 Å². The summed E-state index contributed by atoms with van der Waals surface area (Å²) in [6.07, 6.45) is -1.10. The van der Waals surface area contributed by atoms with Crippen molar-refractivity contribution in [3.05, 3.63) is 59.7 Å². The first-order valence-corrected chi connectivity index (χ1v) is 10.1. The molecule has 1 atom stereocenters. The first kappa shape index (κ1) is 23.2. The van der Waals surface area contributed by atoms with Crippen molar-refractivity contribution in [2.45, 2.75) is 31.7 Å². The Balaban J connectivity index is 1.57. The van der Waals surface area contributed by atoms with Crippen LogP contribution in [-0.4, -0.2) is 48.2 Å². The first-order valence-electron chi connectivity index (χ1n) is 10.1. The molecule has 7 nitrogen and oxygen atoms in total. The van der Waals surface area contributed by atoms with Crippen LogP contribution in [0.5, 0.6) is 0 Å². The Hall–Kier alpha value is -3.49. The number of carboxylic acid groups (broad SMARTS) is 1. The number of carbonyl (C=O) groups excluding carboxylic acids is 2. The number of hydrogen-bond donors (Lipinski definition) is 3. The zero-order valence-corrected chi connectivity index (χ0v) is 17.6. The van der Waals surface area contributed by atoms with Gasteiger partial charge < -0.3 is 20.5 Å². The Bertz CT molecular complexity index is 979.